The number of amides is 2. The molecular formula is C19H16N2O5S. The fourth-order valence-corrected chi connectivity index (χ4v) is 3.65. The van der Waals surface area contributed by atoms with Crippen molar-refractivity contribution in [3.63, 3.8) is 0 Å². The molecule has 0 aliphatic carbocycles. The van der Waals surface area contributed by atoms with Gasteiger partial charge < -0.3 is 24.5 Å². The summed E-state index contributed by atoms with van der Waals surface area (Å²) in [5.41, 5.74) is 1.70. The average Bonchev–Trinajstić information content (AvgIpc) is 3.40. The lowest BCUT2D eigenvalue weighted by Crippen LogP contribution is -2.22. The number of benzene rings is 1. The summed E-state index contributed by atoms with van der Waals surface area (Å²) in [6.07, 6.45) is 1.43. The fourth-order valence-electron chi connectivity index (χ4n) is 2.66. The number of hydrogen-bond acceptors (Lipinski definition) is 6. The second-order valence-electron chi connectivity index (χ2n) is 5.92. The van der Waals surface area contributed by atoms with Crippen LogP contribution in [0, 0.1) is 6.92 Å². The van der Waals surface area contributed by atoms with Crippen molar-refractivity contribution in [3.8, 4) is 11.5 Å². The number of aryl methyl sites for hydroxylation is 1. The minimum atomic E-state index is -0.353. The third-order valence-corrected chi connectivity index (χ3v) is 5.15. The summed E-state index contributed by atoms with van der Waals surface area (Å²) in [6.45, 7) is 2.40. The Kier molecular flexibility index (Phi) is 4.55. The molecule has 2 amide bonds. The molecule has 0 spiro atoms. The van der Waals surface area contributed by atoms with Gasteiger partial charge in [0.05, 0.1) is 16.1 Å². The van der Waals surface area contributed by atoms with Crippen LogP contribution in [0.15, 0.2) is 47.1 Å². The zero-order chi connectivity index (χ0) is 18.8. The lowest BCUT2D eigenvalue weighted by Gasteiger charge is -2.06. The van der Waals surface area contributed by atoms with Crippen molar-refractivity contribution in [1.82, 2.24) is 5.32 Å². The molecule has 1 aliphatic rings. The molecular weight excluding hydrogens is 368 g/mol. The molecule has 1 aliphatic heterocycles. The summed E-state index contributed by atoms with van der Waals surface area (Å²) in [7, 11) is 0. The van der Waals surface area contributed by atoms with Gasteiger partial charge >= 0.3 is 0 Å². The highest BCUT2D eigenvalue weighted by atomic mass is 32.1. The molecule has 8 heteroatoms. The highest BCUT2D eigenvalue weighted by molar-refractivity contribution is 7.18. The second-order valence-corrected chi connectivity index (χ2v) is 6.98. The number of rotatable bonds is 5. The average molecular weight is 384 g/mol. The van der Waals surface area contributed by atoms with E-state index in [1.165, 1.54) is 17.6 Å². The van der Waals surface area contributed by atoms with Gasteiger partial charge in [-0.25, -0.2) is 0 Å². The standard InChI is InChI=1S/C19H16N2O5S/c1-11-7-16(21-18(22)14-3-2-6-24-14)27-17(11)19(23)20-9-12-4-5-13-15(8-12)26-10-25-13/h2-8H,9-10H2,1H3,(H,20,23)(H,21,22). The molecule has 2 N–H and O–H groups in total. The van der Waals surface area contributed by atoms with E-state index in [0.29, 0.717) is 27.9 Å². The van der Waals surface area contributed by atoms with Crippen LogP contribution in [0.3, 0.4) is 0 Å². The van der Waals surface area contributed by atoms with E-state index >= 15 is 0 Å². The SMILES string of the molecule is Cc1cc(NC(=O)c2ccco2)sc1C(=O)NCc1ccc2c(c1)OCO2. The maximum Gasteiger partial charge on any atom is 0.291 e. The molecule has 1 aromatic carbocycles. The molecule has 4 rings (SSSR count). The summed E-state index contributed by atoms with van der Waals surface area (Å²) in [4.78, 5) is 25.1. The first-order valence-corrected chi connectivity index (χ1v) is 9.04. The van der Waals surface area contributed by atoms with Crippen molar-refractivity contribution in [2.24, 2.45) is 0 Å². The van der Waals surface area contributed by atoms with Crippen LogP contribution in [0.25, 0.3) is 0 Å². The van der Waals surface area contributed by atoms with E-state index in [9.17, 15) is 9.59 Å². The number of anilines is 1. The van der Waals surface area contributed by atoms with Gasteiger partial charge in [0.25, 0.3) is 11.8 Å². The van der Waals surface area contributed by atoms with Crippen molar-refractivity contribution in [2.75, 3.05) is 12.1 Å². The predicted octanol–water partition coefficient (Wildman–Crippen LogP) is 3.56. The normalized spacial score (nSPS) is 12.0. The number of thiophene rings is 1. The molecule has 2 aromatic heterocycles. The number of hydrogen-bond donors (Lipinski definition) is 2. The van der Waals surface area contributed by atoms with Crippen molar-refractivity contribution in [2.45, 2.75) is 13.5 Å². The minimum absolute atomic E-state index is 0.200. The third kappa shape index (κ3) is 3.65. The number of carbonyl (C=O) groups excluding carboxylic acids is 2. The van der Waals surface area contributed by atoms with Crippen LogP contribution in [0.4, 0.5) is 5.00 Å². The Morgan fingerprint density at radius 2 is 1.96 bits per heavy atom. The third-order valence-electron chi connectivity index (χ3n) is 4.00. The second kappa shape index (κ2) is 7.16. The Balaban J connectivity index is 1.40. The maximum absolute atomic E-state index is 12.5. The fraction of sp³-hybridized carbons (Fsp3) is 0.158. The Labute approximate surface area is 158 Å². The van der Waals surface area contributed by atoms with E-state index in [4.69, 9.17) is 13.9 Å². The van der Waals surface area contributed by atoms with Gasteiger partial charge in [-0.3, -0.25) is 9.59 Å². The van der Waals surface area contributed by atoms with Crippen molar-refractivity contribution in [1.29, 1.82) is 0 Å². The van der Waals surface area contributed by atoms with Gasteiger partial charge in [0.2, 0.25) is 6.79 Å². The zero-order valence-electron chi connectivity index (χ0n) is 14.4. The van der Waals surface area contributed by atoms with Crippen LogP contribution in [-0.4, -0.2) is 18.6 Å². The number of ether oxygens (including phenoxy) is 2. The van der Waals surface area contributed by atoms with Gasteiger partial charge in [-0.05, 0) is 48.4 Å². The zero-order valence-corrected chi connectivity index (χ0v) is 15.2. The highest BCUT2D eigenvalue weighted by Gasteiger charge is 2.17. The van der Waals surface area contributed by atoms with Crippen molar-refractivity contribution >= 4 is 28.2 Å². The van der Waals surface area contributed by atoms with Crippen LogP contribution in [0.1, 0.15) is 31.4 Å². The first-order chi connectivity index (χ1) is 13.1. The van der Waals surface area contributed by atoms with Crippen molar-refractivity contribution < 1.29 is 23.5 Å². The number of furan rings is 1. The summed E-state index contributed by atoms with van der Waals surface area (Å²) < 4.78 is 15.7. The predicted molar refractivity (Wildman–Crippen MR) is 99.5 cm³/mol. The van der Waals surface area contributed by atoms with Gasteiger partial charge in [0.1, 0.15) is 0 Å². The molecule has 0 fully saturated rings. The lowest BCUT2D eigenvalue weighted by atomic mass is 10.2. The van der Waals surface area contributed by atoms with E-state index in [1.807, 2.05) is 25.1 Å². The van der Waals surface area contributed by atoms with Crippen LogP contribution in [-0.2, 0) is 6.54 Å². The topological polar surface area (TPSA) is 89.8 Å². The molecule has 27 heavy (non-hydrogen) atoms. The monoisotopic (exact) mass is 384 g/mol. The van der Waals surface area contributed by atoms with Crippen LogP contribution < -0.4 is 20.1 Å². The van der Waals surface area contributed by atoms with E-state index < -0.39 is 0 Å². The van der Waals surface area contributed by atoms with Gasteiger partial charge in [0.15, 0.2) is 17.3 Å². The summed E-state index contributed by atoms with van der Waals surface area (Å²) in [5, 5.41) is 6.21. The summed E-state index contributed by atoms with van der Waals surface area (Å²) in [6, 6.07) is 10.5. The smallest absolute Gasteiger partial charge is 0.291 e. The summed E-state index contributed by atoms with van der Waals surface area (Å²) >= 11 is 1.22. The molecule has 3 heterocycles. The Bertz CT molecular complexity index is 994. The van der Waals surface area contributed by atoms with E-state index in [1.54, 1.807) is 18.2 Å². The van der Waals surface area contributed by atoms with E-state index in [2.05, 4.69) is 10.6 Å². The largest absolute Gasteiger partial charge is 0.459 e. The quantitative estimate of drug-likeness (QED) is 0.702. The summed E-state index contributed by atoms with van der Waals surface area (Å²) in [5.74, 6) is 1.05. The lowest BCUT2D eigenvalue weighted by molar-refractivity contribution is 0.0953. The van der Waals surface area contributed by atoms with Gasteiger partial charge in [-0.1, -0.05) is 6.07 Å². The van der Waals surface area contributed by atoms with Gasteiger partial charge in [-0.2, -0.15) is 0 Å². The Hall–Kier alpha value is -3.26. The Morgan fingerprint density at radius 3 is 2.78 bits per heavy atom. The number of fused-ring (bicyclic) bond motifs is 1. The van der Waals surface area contributed by atoms with E-state index in [-0.39, 0.29) is 24.4 Å². The molecule has 7 nitrogen and oxygen atoms in total. The minimum Gasteiger partial charge on any atom is -0.459 e. The molecule has 0 saturated heterocycles. The molecule has 138 valence electrons. The van der Waals surface area contributed by atoms with Crippen molar-refractivity contribution in [3.05, 3.63) is 64.4 Å². The number of nitrogens with one attached hydrogen (secondary N) is 2. The molecule has 0 bridgehead atoms. The molecule has 3 aromatic rings. The maximum atomic E-state index is 12.5. The van der Waals surface area contributed by atoms with Gasteiger partial charge in [-0.15, -0.1) is 11.3 Å². The van der Waals surface area contributed by atoms with Crippen LogP contribution in [0.5, 0.6) is 11.5 Å². The molecule has 0 atom stereocenters. The molecule has 0 unspecified atom stereocenters. The molecule has 0 radical (unpaired) electrons. The Morgan fingerprint density at radius 1 is 1.11 bits per heavy atom. The van der Waals surface area contributed by atoms with Gasteiger partial charge in [0, 0.05) is 6.54 Å². The van der Waals surface area contributed by atoms with Crippen LogP contribution >= 0.6 is 11.3 Å². The van der Waals surface area contributed by atoms with E-state index in [0.717, 1.165) is 11.1 Å². The molecule has 0 saturated carbocycles. The first-order valence-electron chi connectivity index (χ1n) is 8.22. The first kappa shape index (κ1) is 17.2. The van der Waals surface area contributed by atoms with Crippen LogP contribution in [0.2, 0.25) is 0 Å². The highest BCUT2D eigenvalue weighted by Crippen LogP contribution is 2.32. The number of carbonyl (C=O) groups is 2.